The predicted octanol–water partition coefficient (Wildman–Crippen LogP) is 4.01. The van der Waals surface area contributed by atoms with Crippen LogP contribution >= 0.6 is 23.2 Å². The molecule has 1 N–H and O–H groups in total. The molecule has 7 nitrogen and oxygen atoms in total. The fraction of sp³-hybridized carbons (Fsp3) is 0.391. The van der Waals surface area contributed by atoms with Crippen molar-refractivity contribution in [2.75, 3.05) is 17.1 Å². The Morgan fingerprint density at radius 3 is 2.21 bits per heavy atom. The molecule has 1 unspecified atom stereocenters. The highest BCUT2D eigenvalue weighted by molar-refractivity contribution is 7.92. The predicted molar refractivity (Wildman–Crippen MR) is 133 cm³/mol. The van der Waals surface area contributed by atoms with Crippen LogP contribution in [0.5, 0.6) is 0 Å². The summed E-state index contributed by atoms with van der Waals surface area (Å²) in [5, 5.41) is 3.61. The van der Waals surface area contributed by atoms with Crippen molar-refractivity contribution in [3.8, 4) is 0 Å². The topological polar surface area (TPSA) is 86.8 Å². The van der Waals surface area contributed by atoms with E-state index in [2.05, 4.69) is 5.32 Å². The van der Waals surface area contributed by atoms with E-state index in [1.165, 1.54) is 11.0 Å². The maximum absolute atomic E-state index is 13.4. The number of aryl methyl sites for hydroxylation is 1. The van der Waals surface area contributed by atoms with E-state index in [9.17, 15) is 18.0 Å². The summed E-state index contributed by atoms with van der Waals surface area (Å²) in [5.74, 6) is -0.905. The van der Waals surface area contributed by atoms with E-state index in [1.807, 2.05) is 13.8 Å². The molecule has 0 spiro atoms. The highest BCUT2D eigenvalue weighted by Crippen LogP contribution is 2.26. The first-order valence-corrected chi connectivity index (χ1v) is 13.0. The minimum absolute atomic E-state index is 0.0391. The second-order valence-electron chi connectivity index (χ2n) is 8.16. The van der Waals surface area contributed by atoms with Crippen LogP contribution in [0.15, 0.2) is 42.5 Å². The Balaban J connectivity index is 2.43. The Hall–Kier alpha value is -2.29. The number of nitrogens with zero attached hydrogens (tertiary/aromatic N) is 2. The zero-order valence-electron chi connectivity index (χ0n) is 19.3. The van der Waals surface area contributed by atoms with Gasteiger partial charge in [0, 0.05) is 22.6 Å². The van der Waals surface area contributed by atoms with Gasteiger partial charge in [-0.15, -0.1) is 0 Å². The number of anilines is 1. The summed E-state index contributed by atoms with van der Waals surface area (Å²) >= 11 is 12.5. The Morgan fingerprint density at radius 1 is 1.03 bits per heavy atom. The Kier molecular flexibility index (Phi) is 9.17. The second kappa shape index (κ2) is 11.2. The molecule has 0 saturated heterocycles. The van der Waals surface area contributed by atoms with Crippen molar-refractivity contribution in [1.82, 2.24) is 10.2 Å². The van der Waals surface area contributed by atoms with Gasteiger partial charge < -0.3 is 10.2 Å². The molecule has 0 fully saturated rings. The van der Waals surface area contributed by atoms with E-state index in [0.717, 1.165) is 16.1 Å². The molecule has 33 heavy (non-hydrogen) atoms. The minimum atomic E-state index is -3.82. The van der Waals surface area contributed by atoms with Gasteiger partial charge in [0.15, 0.2) is 0 Å². The lowest BCUT2D eigenvalue weighted by atomic mass is 10.1. The minimum Gasteiger partial charge on any atom is -0.352 e. The zero-order chi connectivity index (χ0) is 24.9. The maximum Gasteiger partial charge on any atom is 0.244 e. The average molecular weight is 514 g/mol. The summed E-state index contributed by atoms with van der Waals surface area (Å²) in [6, 6.07) is 10.8. The van der Waals surface area contributed by atoms with Gasteiger partial charge in [0.25, 0.3) is 0 Å². The number of carbonyl (C=O) groups is 2. The van der Waals surface area contributed by atoms with Crippen LogP contribution < -0.4 is 9.62 Å². The maximum atomic E-state index is 13.4. The highest BCUT2D eigenvalue weighted by atomic mass is 35.5. The molecule has 1 atom stereocenters. The van der Waals surface area contributed by atoms with Gasteiger partial charge in [-0.2, -0.15) is 0 Å². The van der Waals surface area contributed by atoms with Gasteiger partial charge in [0.1, 0.15) is 12.6 Å². The number of hydrogen-bond donors (Lipinski definition) is 1. The van der Waals surface area contributed by atoms with Crippen LogP contribution in [0, 0.1) is 6.92 Å². The third-order valence-electron chi connectivity index (χ3n) is 5.02. The van der Waals surface area contributed by atoms with E-state index >= 15 is 0 Å². The van der Waals surface area contributed by atoms with Crippen molar-refractivity contribution in [3.63, 3.8) is 0 Å². The van der Waals surface area contributed by atoms with Gasteiger partial charge >= 0.3 is 0 Å². The molecule has 2 aromatic carbocycles. The number of hydrogen-bond acceptors (Lipinski definition) is 4. The van der Waals surface area contributed by atoms with Crippen LogP contribution in [-0.2, 0) is 26.2 Å². The van der Waals surface area contributed by atoms with Crippen molar-refractivity contribution in [1.29, 1.82) is 0 Å². The van der Waals surface area contributed by atoms with Crippen molar-refractivity contribution in [2.45, 2.75) is 46.3 Å². The Bertz CT molecular complexity index is 1120. The molecule has 0 aliphatic heterocycles. The monoisotopic (exact) mass is 513 g/mol. The number of halogens is 2. The fourth-order valence-electron chi connectivity index (χ4n) is 3.15. The molecular weight excluding hydrogens is 485 g/mol. The second-order valence-corrected chi connectivity index (χ2v) is 10.9. The largest absolute Gasteiger partial charge is 0.352 e. The molecule has 0 aromatic heterocycles. The average Bonchev–Trinajstić information content (AvgIpc) is 2.71. The van der Waals surface area contributed by atoms with E-state index in [0.29, 0.717) is 15.6 Å². The number of carbonyl (C=O) groups excluding carboxylic acids is 2. The number of benzene rings is 2. The number of sulfonamides is 1. The first kappa shape index (κ1) is 27.0. The number of rotatable bonds is 9. The van der Waals surface area contributed by atoms with E-state index in [-0.39, 0.29) is 24.2 Å². The highest BCUT2D eigenvalue weighted by Gasteiger charge is 2.30. The molecule has 2 amide bonds. The van der Waals surface area contributed by atoms with Gasteiger partial charge in [-0.25, -0.2) is 8.42 Å². The van der Waals surface area contributed by atoms with Crippen LogP contribution in [0.3, 0.4) is 0 Å². The van der Waals surface area contributed by atoms with Crippen LogP contribution in [0.2, 0.25) is 10.0 Å². The Morgan fingerprint density at radius 2 is 1.67 bits per heavy atom. The lowest BCUT2D eigenvalue weighted by molar-refractivity contribution is -0.139. The van der Waals surface area contributed by atoms with Gasteiger partial charge in [0.05, 0.1) is 11.9 Å². The standard InChI is InChI=1S/C23H29Cl2N3O4S/c1-15(2)26-23(30)17(4)27(13-18-8-6-7-9-20(18)24)22(29)14-28(33(5,31)32)19-11-10-16(3)21(25)12-19/h6-12,15,17H,13-14H2,1-5H3,(H,26,30). The first-order valence-electron chi connectivity index (χ1n) is 10.4. The summed E-state index contributed by atoms with van der Waals surface area (Å²) in [4.78, 5) is 27.5. The van der Waals surface area contributed by atoms with Crippen molar-refractivity contribution in [3.05, 3.63) is 63.6 Å². The molecule has 0 heterocycles. The van der Waals surface area contributed by atoms with E-state index in [1.54, 1.807) is 50.2 Å². The molecule has 0 aliphatic rings. The number of amides is 2. The van der Waals surface area contributed by atoms with Gasteiger partial charge in [0.2, 0.25) is 21.8 Å². The molecule has 10 heteroatoms. The summed E-state index contributed by atoms with van der Waals surface area (Å²) in [6.45, 7) is 6.57. The molecule has 0 radical (unpaired) electrons. The lowest BCUT2D eigenvalue weighted by Crippen LogP contribution is -2.52. The third-order valence-corrected chi connectivity index (χ3v) is 6.94. The van der Waals surface area contributed by atoms with Crippen LogP contribution in [0.1, 0.15) is 31.9 Å². The van der Waals surface area contributed by atoms with Crippen LogP contribution in [0.4, 0.5) is 5.69 Å². The summed E-state index contributed by atoms with van der Waals surface area (Å²) in [7, 11) is -3.82. The summed E-state index contributed by atoms with van der Waals surface area (Å²) < 4.78 is 26.1. The Labute approximate surface area is 205 Å². The molecule has 0 bridgehead atoms. The molecule has 180 valence electrons. The fourth-order valence-corrected chi connectivity index (χ4v) is 4.36. The summed E-state index contributed by atoms with van der Waals surface area (Å²) in [5.41, 5.74) is 1.68. The van der Waals surface area contributed by atoms with Crippen molar-refractivity contribution >= 4 is 50.7 Å². The van der Waals surface area contributed by atoms with Gasteiger partial charge in [-0.05, 0) is 57.0 Å². The smallest absolute Gasteiger partial charge is 0.244 e. The van der Waals surface area contributed by atoms with Gasteiger partial charge in [-0.3, -0.25) is 13.9 Å². The van der Waals surface area contributed by atoms with E-state index < -0.39 is 28.5 Å². The van der Waals surface area contributed by atoms with E-state index in [4.69, 9.17) is 23.2 Å². The SMILES string of the molecule is Cc1ccc(N(CC(=O)N(Cc2ccccc2Cl)C(C)C(=O)NC(C)C)S(C)(=O)=O)cc1Cl. The third kappa shape index (κ3) is 7.35. The van der Waals surface area contributed by atoms with Crippen molar-refractivity contribution in [2.24, 2.45) is 0 Å². The van der Waals surface area contributed by atoms with Gasteiger partial charge in [-0.1, -0.05) is 47.5 Å². The molecule has 2 aromatic rings. The summed E-state index contributed by atoms with van der Waals surface area (Å²) in [6.07, 6.45) is 1.02. The number of nitrogens with one attached hydrogen (secondary N) is 1. The molecular formula is C23H29Cl2N3O4S. The zero-order valence-corrected chi connectivity index (χ0v) is 21.6. The lowest BCUT2D eigenvalue weighted by Gasteiger charge is -2.32. The van der Waals surface area contributed by atoms with Crippen LogP contribution in [-0.4, -0.2) is 50.0 Å². The quantitative estimate of drug-likeness (QED) is 0.548. The van der Waals surface area contributed by atoms with Crippen LogP contribution in [0.25, 0.3) is 0 Å². The molecule has 0 aliphatic carbocycles. The normalized spacial score (nSPS) is 12.4. The first-order chi connectivity index (χ1) is 15.3. The molecule has 2 rings (SSSR count). The molecule has 0 saturated carbocycles. The van der Waals surface area contributed by atoms with Crippen molar-refractivity contribution < 1.29 is 18.0 Å².